The Labute approximate surface area is 135 Å². The number of rotatable bonds is 7. The maximum absolute atomic E-state index is 12.1. The van der Waals surface area contributed by atoms with Crippen LogP contribution < -0.4 is 15.6 Å². The van der Waals surface area contributed by atoms with Crippen molar-refractivity contribution in [2.75, 3.05) is 34.3 Å². The minimum atomic E-state index is -0.160. The minimum Gasteiger partial charge on any atom is -0.497 e. The van der Waals surface area contributed by atoms with E-state index in [0.717, 1.165) is 17.4 Å². The Hall–Kier alpha value is -2.34. The van der Waals surface area contributed by atoms with Gasteiger partial charge in [0.05, 0.1) is 12.6 Å². The highest BCUT2D eigenvalue weighted by Gasteiger charge is 2.07. The second-order valence-corrected chi connectivity index (χ2v) is 5.73. The van der Waals surface area contributed by atoms with Gasteiger partial charge in [-0.15, -0.1) is 0 Å². The molecule has 1 heterocycles. The van der Waals surface area contributed by atoms with Crippen LogP contribution in [0.3, 0.4) is 0 Å². The number of ether oxygens (including phenoxy) is 1. The molecule has 1 aromatic heterocycles. The number of likely N-dealkylation sites (N-methyl/N-ethyl adjacent to an activating group) is 1. The van der Waals surface area contributed by atoms with Gasteiger partial charge in [0.2, 0.25) is 5.91 Å². The topological polar surface area (TPSA) is 74.4 Å². The smallest absolute Gasteiger partial charge is 0.251 e. The van der Waals surface area contributed by atoms with Crippen LogP contribution in [-0.2, 0) is 11.2 Å². The van der Waals surface area contributed by atoms with E-state index in [1.54, 1.807) is 13.2 Å². The maximum atomic E-state index is 12.1. The lowest BCUT2D eigenvalue weighted by Gasteiger charge is -2.10. The zero-order valence-corrected chi connectivity index (χ0v) is 13.8. The predicted molar refractivity (Wildman–Crippen MR) is 91.0 cm³/mol. The molecule has 0 fully saturated rings. The molecule has 0 unspecified atom stereocenters. The van der Waals surface area contributed by atoms with E-state index in [2.05, 4.69) is 10.3 Å². The van der Waals surface area contributed by atoms with Crippen molar-refractivity contribution in [1.82, 2.24) is 15.2 Å². The molecule has 0 saturated heterocycles. The molecule has 124 valence electrons. The van der Waals surface area contributed by atoms with Gasteiger partial charge in [0, 0.05) is 31.1 Å². The summed E-state index contributed by atoms with van der Waals surface area (Å²) in [4.78, 5) is 28.8. The molecule has 0 aliphatic heterocycles. The van der Waals surface area contributed by atoms with E-state index in [1.165, 1.54) is 0 Å². The number of benzene rings is 1. The Kier molecular flexibility index (Phi) is 5.76. The van der Waals surface area contributed by atoms with Crippen molar-refractivity contribution in [3.8, 4) is 5.75 Å². The van der Waals surface area contributed by atoms with Crippen LogP contribution in [0.4, 0.5) is 0 Å². The van der Waals surface area contributed by atoms with E-state index in [4.69, 9.17) is 4.74 Å². The molecule has 0 aliphatic rings. The second-order valence-electron chi connectivity index (χ2n) is 5.73. The highest BCUT2D eigenvalue weighted by molar-refractivity contribution is 5.81. The van der Waals surface area contributed by atoms with Gasteiger partial charge < -0.3 is 19.9 Å². The summed E-state index contributed by atoms with van der Waals surface area (Å²) in [6.45, 7) is 1.41. The summed E-state index contributed by atoms with van der Waals surface area (Å²) < 4.78 is 5.15. The van der Waals surface area contributed by atoms with Crippen LogP contribution in [0.15, 0.2) is 29.1 Å². The first-order valence-corrected chi connectivity index (χ1v) is 7.61. The fraction of sp³-hybridized carbons (Fsp3) is 0.412. The van der Waals surface area contributed by atoms with E-state index in [1.807, 2.05) is 37.2 Å². The summed E-state index contributed by atoms with van der Waals surface area (Å²) in [5, 5.41) is 3.77. The average Bonchev–Trinajstić information content (AvgIpc) is 2.52. The third-order valence-electron chi connectivity index (χ3n) is 3.63. The number of amides is 1. The molecule has 0 aliphatic carbocycles. The van der Waals surface area contributed by atoms with Gasteiger partial charge in [0.25, 0.3) is 5.56 Å². The quantitative estimate of drug-likeness (QED) is 0.803. The third-order valence-corrected chi connectivity index (χ3v) is 3.63. The van der Waals surface area contributed by atoms with Gasteiger partial charge in [-0.1, -0.05) is 0 Å². The molecule has 6 nitrogen and oxygen atoms in total. The van der Waals surface area contributed by atoms with Crippen LogP contribution >= 0.6 is 0 Å². The fourth-order valence-electron chi connectivity index (χ4n) is 2.29. The number of H-pyrrole nitrogens is 1. The van der Waals surface area contributed by atoms with Crippen LogP contribution in [-0.4, -0.2) is 50.1 Å². The lowest BCUT2D eigenvalue weighted by Crippen LogP contribution is -2.31. The van der Waals surface area contributed by atoms with Gasteiger partial charge in [-0.3, -0.25) is 9.59 Å². The van der Waals surface area contributed by atoms with E-state index in [9.17, 15) is 9.59 Å². The SMILES string of the molecule is COc1ccc2cc(CCC(=O)NCCN(C)C)c(=O)[nH]c2c1. The Bertz CT molecular complexity index is 737. The maximum Gasteiger partial charge on any atom is 0.251 e. The number of hydrogen-bond donors (Lipinski definition) is 2. The molecule has 0 bridgehead atoms. The van der Waals surface area contributed by atoms with Gasteiger partial charge >= 0.3 is 0 Å². The molecule has 6 heteroatoms. The van der Waals surface area contributed by atoms with Crippen molar-refractivity contribution in [2.24, 2.45) is 0 Å². The van der Waals surface area contributed by atoms with E-state index in [-0.39, 0.29) is 11.5 Å². The summed E-state index contributed by atoms with van der Waals surface area (Å²) in [6, 6.07) is 7.36. The Morgan fingerprint density at radius 1 is 1.30 bits per heavy atom. The summed E-state index contributed by atoms with van der Waals surface area (Å²) in [6.07, 6.45) is 0.725. The largest absolute Gasteiger partial charge is 0.497 e. The molecule has 2 aromatic rings. The number of nitrogens with zero attached hydrogens (tertiary/aromatic N) is 1. The van der Waals surface area contributed by atoms with Crippen LogP contribution in [0, 0.1) is 0 Å². The van der Waals surface area contributed by atoms with Crippen molar-refractivity contribution >= 4 is 16.8 Å². The first kappa shape index (κ1) is 17.0. The van der Waals surface area contributed by atoms with Crippen molar-refractivity contribution in [3.05, 3.63) is 40.2 Å². The fourth-order valence-corrected chi connectivity index (χ4v) is 2.29. The molecule has 2 N–H and O–H groups in total. The number of pyridine rings is 1. The van der Waals surface area contributed by atoms with Crippen LogP contribution in [0.5, 0.6) is 5.75 Å². The van der Waals surface area contributed by atoms with Crippen molar-refractivity contribution in [1.29, 1.82) is 0 Å². The van der Waals surface area contributed by atoms with Crippen molar-refractivity contribution < 1.29 is 9.53 Å². The van der Waals surface area contributed by atoms with Crippen LogP contribution in [0.25, 0.3) is 10.9 Å². The number of fused-ring (bicyclic) bond motifs is 1. The minimum absolute atomic E-state index is 0.0407. The zero-order valence-electron chi connectivity index (χ0n) is 13.8. The lowest BCUT2D eigenvalue weighted by atomic mass is 10.1. The molecule has 2 rings (SSSR count). The first-order valence-electron chi connectivity index (χ1n) is 7.61. The number of carbonyl (C=O) groups is 1. The molecule has 0 saturated carbocycles. The second kappa shape index (κ2) is 7.78. The highest BCUT2D eigenvalue weighted by atomic mass is 16.5. The molecule has 0 spiro atoms. The Morgan fingerprint density at radius 3 is 2.78 bits per heavy atom. The monoisotopic (exact) mass is 317 g/mol. The zero-order chi connectivity index (χ0) is 16.8. The molecule has 1 aromatic carbocycles. The summed E-state index contributed by atoms with van der Waals surface area (Å²) in [7, 11) is 5.49. The normalized spacial score (nSPS) is 11.0. The number of methoxy groups -OCH3 is 1. The summed E-state index contributed by atoms with van der Waals surface area (Å²) in [5.74, 6) is 0.655. The highest BCUT2D eigenvalue weighted by Crippen LogP contribution is 2.18. The molecule has 23 heavy (non-hydrogen) atoms. The number of carbonyl (C=O) groups excluding carboxylic acids is 1. The Morgan fingerprint density at radius 2 is 2.09 bits per heavy atom. The summed E-state index contributed by atoms with van der Waals surface area (Å²) in [5.41, 5.74) is 1.19. The Balaban J connectivity index is 2.01. The first-order chi connectivity index (χ1) is 11.0. The van der Waals surface area contributed by atoms with Gasteiger partial charge in [0.1, 0.15) is 5.75 Å². The molecule has 0 atom stereocenters. The predicted octanol–water partition coefficient (Wildman–Crippen LogP) is 1.15. The van der Waals surface area contributed by atoms with Crippen LogP contribution in [0.1, 0.15) is 12.0 Å². The number of aromatic amines is 1. The number of aromatic nitrogens is 1. The van der Waals surface area contributed by atoms with Gasteiger partial charge in [-0.2, -0.15) is 0 Å². The van der Waals surface area contributed by atoms with Crippen LogP contribution in [0.2, 0.25) is 0 Å². The lowest BCUT2D eigenvalue weighted by molar-refractivity contribution is -0.121. The number of nitrogens with one attached hydrogen (secondary N) is 2. The summed E-state index contributed by atoms with van der Waals surface area (Å²) >= 11 is 0. The van der Waals surface area contributed by atoms with Crippen molar-refractivity contribution in [2.45, 2.75) is 12.8 Å². The number of hydrogen-bond acceptors (Lipinski definition) is 4. The van der Waals surface area contributed by atoms with Crippen molar-refractivity contribution in [3.63, 3.8) is 0 Å². The van der Waals surface area contributed by atoms with Gasteiger partial charge in [-0.25, -0.2) is 0 Å². The standard InChI is InChI=1S/C17H23N3O3/c1-20(2)9-8-18-16(21)7-5-13-10-12-4-6-14(23-3)11-15(12)19-17(13)22/h4,6,10-11H,5,7-9H2,1-3H3,(H,18,21)(H,19,22). The third kappa shape index (κ3) is 4.82. The van der Waals surface area contributed by atoms with Gasteiger partial charge in [0.15, 0.2) is 0 Å². The number of aryl methyl sites for hydroxylation is 1. The molecular weight excluding hydrogens is 294 g/mol. The van der Waals surface area contributed by atoms with E-state index < -0.39 is 0 Å². The average molecular weight is 317 g/mol. The van der Waals surface area contributed by atoms with Gasteiger partial charge in [-0.05, 0) is 44.1 Å². The van der Waals surface area contributed by atoms with E-state index >= 15 is 0 Å². The van der Waals surface area contributed by atoms with E-state index in [0.29, 0.717) is 30.7 Å². The molecule has 1 amide bonds. The molecule has 0 radical (unpaired) electrons. The molecular formula is C17H23N3O3.